The highest BCUT2D eigenvalue weighted by Gasteiger charge is 2.30. The Morgan fingerprint density at radius 2 is 1.83 bits per heavy atom. The first-order chi connectivity index (χ1) is 13.8. The van der Waals surface area contributed by atoms with Crippen LogP contribution in [0.4, 0.5) is 17.6 Å². The predicted molar refractivity (Wildman–Crippen MR) is 99.5 cm³/mol. The number of halogens is 5. The smallest absolute Gasteiger partial charge is 0.294 e. The SMILES string of the molecule is Fc1cnc(Cl)c(CN2CCc3nc(-c4ccc(C(F)(F)F)cc4)ncc3C2)c1. The first-order valence-corrected chi connectivity index (χ1v) is 9.22. The van der Waals surface area contributed by atoms with Crippen molar-refractivity contribution in [3.63, 3.8) is 0 Å². The van der Waals surface area contributed by atoms with Gasteiger partial charge in [-0.05, 0) is 18.2 Å². The summed E-state index contributed by atoms with van der Waals surface area (Å²) < 4.78 is 51.6. The maximum Gasteiger partial charge on any atom is 0.416 e. The van der Waals surface area contributed by atoms with Crippen molar-refractivity contribution in [3.05, 3.63) is 76.1 Å². The van der Waals surface area contributed by atoms with Crippen molar-refractivity contribution in [3.8, 4) is 11.4 Å². The summed E-state index contributed by atoms with van der Waals surface area (Å²) in [6, 6.07) is 6.17. The third-order valence-electron chi connectivity index (χ3n) is 4.76. The van der Waals surface area contributed by atoms with Gasteiger partial charge in [-0.1, -0.05) is 23.7 Å². The van der Waals surface area contributed by atoms with E-state index >= 15 is 0 Å². The van der Waals surface area contributed by atoms with Gasteiger partial charge < -0.3 is 0 Å². The van der Waals surface area contributed by atoms with Crippen LogP contribution in [0, 0.1) is 5.82 Å². The van der Waals surface area contributed by atoms with Crippen LogP contribution in [-0.2, 0) is 25.7 Å². The molecule has 0 bridgehead atoms. The summed E-state index contributed by atoms with van der Waals surface area (Å²) >= 11 is 6.04. The van der Waals surface area contributed by atoms with Gasteiger partial charge in [-0.15, -0.1) is 0 Å². The molecular formula is C20H15ClF4N4. The molecule has 0 N–H and O–H groups in total. The lowest BCUT2D eigenvalue weighted by Gasteiger charge is -2.28. The molecule has 150 valence electrons. The minimum atomic E-state index is -4.38. The number of hydrogen-bond acceptors (Lipinski definition) is 4. The van der Waals surface area contributed by atoms with E-state index in [-0.39, 0.29) is 5.15 Å². The minimum absolute atomic E-state index is 0.270. The standard InChI is InChI=1S/C20H15ClF4N4/c21-18-13(7-16(22)9-26-18)10-29-6-5-17-14(11-29)8-27-19(28-17)12-1-3-15(4-2-12)20(23,24)25/h1-4,7-9H,5-6,10-11H2. The van der Waals surface area contributed by atoms with Crippen LogP contribution in [0.2, 0.25) is 5.15 Å². The van der Waals surface area contributed by atoms with Crippen molar-refractivity contribution in [2.75, 3.05) is 6.54 Å². The fourth-order valence-corrected chi connectivity index (χ4v) is 3.44. The topological polar surface area (TPSA) is 41.9 Å². The number of rotatable bonds is 3. The second-order valence-electron chi connectivity index (χ2n) is 6.80. The maximum absolute atomic E-state index is 13.4. The van der Waals surface area contributed by atoms with Gasteiger partial charge in [0.1, 0.15) is 11.0 Å². The Hall–Kier alpha value is -2.58. The van der Waals surface area contributed by atoms with Gasteiger partial charge in [0.25, 0.3) is 0 Å². The molecule has 0 aliphatic carbocycles. The predicted octanol–water partition coefficient (Wildman–Crippen LogP) is 4.91. The van der Waals surface area contributed by atoms with Crippen LogP contribution in [0.1, 0.15) is 22.4 Å². The quantitative estimate of drug-likeness (QED) is 0.444. The number of benzene rings is 1. The van der Waals surface area contributed by atoms with Gasteiger partial charge in [-0.3, -0.25) is 4.90 Å². The monoisotopic (exact) mass is 422 g/mol. The summed E-state index contributed by atoms with van der Waals surface area (Å²) in [6.45, 7) is 1.70. The molecule has 2 aromatic heterocycles. The van der Waals surface area contributed by atoms with E-state index < -0.39 is 17.6 Å². The Labute approximate surface area is 169 Å². The number of fused-ring (bicyclic) bond motifs is 1. The molecule has 0 radical (unpaired) electrons. The molecule has 0 amide bonds. The normalized spacial score (nSPS) is 14.7. The third kappa shape index (κ3) is 4.38. The molecule has 9 heteroatoms. The van der Waals surface area contributed by atoms with E-state index in [1.807, 2.05) is 0 Å². The van der Waals surface area contributed by atoms with E-state index in [1.54, 1.807) is 6.20 Å². The van der Waals surface area contributed by atoms with Gasteiger partial charge in [-0.2, -0.15) is 13.2 Å². The van der Waals surface area contributed by atoms with Crippen molar-refractivity contribution in [1.29, 1.82) is 0 Å². The summed E-state index contributed by atoms with van der Waals surface area (Å²) in [5, 5.41) is 0.270. The molecule has 1 aliphatic heterocycles. The third-order valence-corrected chi connectivity index (χ3v) is 5.10. The Morgan fingerprint density at radius 3 is 2.55 bits per heavy atom. The summed E-state index contributed by atoms with van der Waals surface area (Å²) in [5.41, 5.74) is 2.21. The van der Waals surface area contributed by atoms with Gasteiger partial charge >= 0.3 is 6.18 Å². The highest BCUT2D eigenvalue weighted by atomic mass is 35.5. The highest BCUT2D eigenvalue weighted by molar-refractivity contribution is 6.30. The van der Waals surface area contributed by atoms with Crippen LogP contribution in [-0.4, -0.2) is 26.4 Å². The van der Waals surface area contributed by atoms with E-state index in [0.717, 1.165) is 29.6 Å². The molecular weight excluding hydrogens is 408 g/mol. The Balaban J connectivity index is 1.50. The molecule has 29 heavy (non-hydrogen) atoms. The zero-order chi connectivity index (χ0) is 20.6. The summed E-state index contributed by atoms with van der Waals surface area (Å²) in [7, 11) is 0. The Kier molecular flexibility index (Phi) is 5.23. The van der Waals surface area contributed by atoms with E-state index in [0.29, 0.717) is 43.0 Å². The first-order valence-electron chi connectivity index (χ1n) is 8.84. The zero-order valence-electron chi connectivity index (χ0n) is 15.0. The molecule has 1 aromatic carbocycles. The Morgan fingerprint density at radius 1 is 1.07 bits per heavy atom. The van der Waals surface area contributed by atoms with Gasteiger partial charge in [0.2, 0.25) is 0 Å². The van der Waals surface area contributed by atoms with Crippen molar-refractivity contribution < 1.29 is 17.6 Å². The molecule has 4 nitrogen and oxygen atoms in total. The average molecular weight is 423 g/mol. The lowest BCUT2D eigenvalue weighted by atomic mass is 10.1. The van der Waals surface area contributed by atoms with E-state index in [9.17, 15) is 17.6 Å². The maximum atomic E-state index is 13.4. The zero-order valence-corrected chi connectivity index (χ0v) is 15.8. The van der Waals surface area contributed by atoms with Crippen LogP contribution in [0.25, 0.3) is 11.4 Å². The summed E-state index contributed by atoms with van der Waals surface area (Å²) in [6.07, 6.45) is -0.967. The van der Waals surface area contributed by atoms with Gasteiger partial charge in [-0.25, -0.2) is 19.3 Å². The van der Waals surface area contributed by atoms with Crippen LogP contribution in [0.15, 0.2) is 42.7 Å². The van der Waals surface area contributed by atoms with Crippen LogP contribution in [0.5, 0.6) is 0 Å². The fourth-order valence-electron chi connectivity index (χ4n) is 3.27. The van der Waals surface area contributed by atoms with Crippen molar-refractivity contribution in [1.82, 2.24) is 19.9 Å². The van der Waals surface area contributed by atoms with Crippen LogP contribution >= 0.6 is 11.6 Å². The average Bonchev–Trinajstić information content (AvgIpc) is 2.70. The molecule has 3 aromatic rings. The molecule has 0 atom stereocenters. The number of alkyl halides is 3. The molecule has 0 saturated carbocycles. The van der Waals surface area contributed by atoms with Crippen LogP contribution < -0.4 is 0 Å². The molecule has 0 unspecified atom stereocenters. The van der Waals surface area contributed by atoms with Gasteiger partial charge in [0.15, 0.2) is 5.82 Å². The molecule has 0 saturated heterocycles. The van der Waals surface area contributed by atoms with E-state index in [1.165, 1.54) is 18.2 Å². The summed E-state index contributed by atoms with van der Waals surface area (Å²) in [5.74, 6) is -0.0466. The van der Waals surface area contributed by atoms with Crippen molar-refractivity contribution >= 4 is 11.6 Å². The van der Waals surface area contributed by atoms with Gasteiger partial charge in [0, 0.05) is 48.9 Å². The van der Waals surface area contributed by atoms with E-state index in [4.69, 9.17) is 11.6 Å². The molecule has 3 heterocycles. The molecule has 1 aliphatic rings. The minimum Gasteiger partial charge on any atom is -0.294 e. The van der Waals surface area contributed by atoms with Crippen molar-refractivity contribution in [2.45, 2.75) is 25.7 Å². The number of nitrogens with zero attached hydrogens (tertiary/aromatic N) is 4. The second kappa shape index (κ2) is 7.68. The Bertz CT molecular complexity index is 1040. The van der Waals surface area contributed by atoms with Crippen molar-refractivity contribution in [2.24, 2.45) is 0 Å². The van der Waals surface area contributed by atoms with Crippen LogP contribution in [0.3, 0.4) is 0 Å². The first kappa shape index (κ1) is 19.7. The molecule has 4 rings (SSSR count). The lowest BCUT2D eigenvalue weighted by molar-refractivity contribution is -0.137. The molecule has 0 fully saturated rings. The lowest BCUT2D eigenvalue weighted by Crippen LogP contribution is -2.31. The van der Waals surface area contributed by atoms with E-state index in [2.05, 4.69) is 19.9 Å². The second-order valence-corrected chi connectivity index (χ2v) is 7.16. The van der Waals surface area contributed by atoms with Gasteiger partial charge in [0.05, 0.1) is 17.5 Å². The number of pyridine rings is 1. The number of hydrogen-bond donors (Lipinski definition) is 0. The summed E-state index contributed by atoms with van der Waals surface area (Å²) in [4.78, 5) is 14.8. The molecule has 0 spiro atoms. The fraction of sp³-hybridized carbons (Fsp3) is 0.250. The largest absolute Gasteiger partial charge is 0.416 e. The highest BCUT2D eigenvalue weighted by Crippen LogP contribution is 2.31. The number of aromatic nitrogens is 3.